The van der Waals surface area contributed by atoms with E-state index in [1.54, 1.807) is 30.3 Å². The van der Waals surface area contributed by atoms with Gasteiger partial charge in [-0.15, -0.1) is 0 Å². The van der Waals surface area contributed by atoms with Crippen LogP contribution in [0, 0.1) is 0 Å². The van der Waals surface area contributed by atoms with E-state index in [4.69, 9.17) is 5.11 Å². The lowest BCUT2D eigenvalue weighted by molar-refractivity contribution is -0.139. The molecule has 2 rings (SSSR count). The third kappa shape index (κ3) is 3.45. The summed E-state index contributed by atoms with van der Waals surface area (Å²) >= 11 is 0.891. The van der Waals surface area contributed by atoms with Gasteiger partial charge in [0.05, 0.1) is 0 Å². The SMILES string of the molecule is O=C(Nc1nnns1)N[C@H](C(=O)O)c1ccccc1. The molecular weight excluding hydrogens is 270 g/mol. The van der Waals surface area contributed by atoms with E-state index in [1.165, 1.54) is 0 Å². The Kier molecular flexibility index (Phi) is 3.98. The monoisotopic (exact) mass is 279 g/mol. The summed E-state index contributed by atoms with van der Waals surface area (Å²) in [6.45, 7) is 0. The normalized spacial score (nSPS) is 11.6. The van der Waals surface area contributed by atoms with Crippen molar-refractivity contribution < 1.29 is 14.7 Å². The fraction of sp³-hybridized carbons (Fsp3) is 0.100. The van der Waals surface area contributed by atoms with E-state index in [0.717, 1.165) is 11.5 Å². The summed E-state index contributed by atoms with van der Waals surface area (Å²) in [5.41, 5.74) is 0.473. The number of aromatic nitrogens is 3. The van der Waals surface area contributed by atoms with Crippen molar-refractivity contribution in [3.8, 4) is 0 Å². The highest BCUT2D eigenvalue weighted by molar-refractivity contribution is 7.09. The van der Waals surface area contributed by atoms with Gasteiger partial charge in [-0.1, -0.05) is 39.9 Å². The number of amides is 2. The highest BCUT2D eigenvalue weighted by Crippen LogP contribution is 2.13. The van der Waals surface area contributed by atoms with E-state index >= 15 is 0 Å². The number of nitrogens with zero attached hydrogens (tertiary/aromatic N) is 3. The first-order chi connectivity index (χ1) is 9.16. The number of hydrogen-bond acceptors (Lipinski definition) is 6. The first-order valence-electron chi connectivity index (χ1n) is 5.17. The summed E-state index contributed by atoms with van der Waals surface area (Å²) in [5.74, 6) is -1.16. The van der Waals surface area contributed by atoms with Gasteiger partial charge in [-0.2, -0.15) is 0 Å². The van der Waals surface area contributed by atoms with Crippen molar-refractivity contribution in [2.75, 3.05) is 5.32 Å². The Morgan fingerprint density at radius 1 is 1.26 bits per heavy atom. The van der Waals surface area contributed by atoms with Crippen molar-refractivity contribution in [2.24, 2.45) is 0 Å². The average Bonchev–Trinajstić information content (AvgIpc) is 2.89. The number of aliphatic carboxylic acids is 1. The zero-order chi connectivity index (χ0) is 13.7. The zero-order valence-corrected chi connectivity index (χ0v) is 10.3. The van der Waals surface area contributed by atoms with Crippen molar-refractivity contribution in [1.82, 2.24) is 20.1 Å². The molecule has 2 aromatic rings. The van der Waals surface area contributed by atoms with Crippen LogP contribution >= 0.6 is 11.5 Å². The summed E-state index contributed by atoms with van der Waals surface area (Å²) in [6, 6.07) is 6.56. The van der Waals surface area contributed by atoms with E-state index in [9.17, 15) is 9.59 Å². The Labute approximate surface area is 111 Å². The molecule has 0 unspecified atom stereocenters. The largest absolute Gasteiger partial charge is 0.479 e. The van der Waals surface area contributed by atoms with E-state index in [-0.39, 0.29) is 5.13 Å². The maximum Gasteiger partial charge on any atom is 0.330 e. The second-order valence-corrected chi connectivity index (χ2v) is 4.18. The molecule has 0 fully saturated rings. The number of hydrogen-bond donors (Lipinski definition) is 3. The zero-order valence-electron chi connectivity index (χ0n) is 9.48. The molecule has 19 heavy (non-hydrogen) atoms. The summed E-state index contributed by atoms with van der Waals surface area (Å²) in [7, 11) is 0. The lowest BCUT2D eigenvalue weighted by Crippen LogP contribution is -2.36. The van der Waals surface area contributed by atoms with Gasteiger partial charge in [0.15, 0.2) is 6.04 Å². The molecule has 98 valence electrons. The maximum absolute atomic E-state index is 11.6. The molecule has 0 saturated heterocycles. The topological polar surface area (TPSA) is 117 Å². The Balaban J connectivity index is 2.05. The maximum atomic E-state index is 11.6. The standard InChI is InChI=1S/C10H9N5O3S/c16-8(17)7(6-4-2-1-3-5-6)11-9(18)12-10-13-14-15-19-10/h1-5,7H,(H,16,17)(H2,11,12,13,15,18)/t7-/m0/s1. The van der Waals surface area contributed by atoms with Gasteiger partial charge < -0.3 is 10.4 Å². The van der Waals surface area contributed by atoms with Crippen molar-refractivity contribution in [1.29, 1.82) is 0 Å². The van der Waals surface area contributed by atoms with E-state index < -0.39 is 18.0 Å². The molecule has 0 aliphatic heterocycles. The Bertz CT molecular complexity index is 560. The van der Waals surface area contributed by atoms with E-state index in [1.807, 2.05) is 0 Å². The van der Waals surface area contributed by atoms with Crippen LogP contribution in [0.1, 0.15) is 11.6 Å². The van der Waals surface area contributed by atoms with Crippen LogP contribution in [0.25, 0.3) is 0 Å². The van der Waals surface area contributed by atoms with Crippen molar-refractivity contribution in [2.45, 2.75) is 6.04 Å². The average molecular weight is 279 g/mol. The van der Waals surface area contributed by atoms with Gasteiger partial charge in [0.25, 0.3) is 0 Å². The molecular formula is C10H9N5O3S. The molecule has 2 amide bonds. The summed E-state index contributed by atoms with van der Waals surface area (Å²) in [6.07, 6.45) is 0. The molecule has 9 heteroatoms. The molecule has 1 atom stereocenters. The highest BCUT2D eigenvalue weighted by Gasteiger charge is 2.22. The predicted molar refractivity (Wildman–Crippen MR) is 66.7 cm³/mol. The Morgan fingerprint density at radius 3 is 2.58 bits per heavy atom. The van der Waals surface area contributed by atoms with Crippen LogP contribution in [0.3, 0.4) is 0 Å². The minimum absolute atomic E-state index is 0.190. The fourth-order valence-electron chi connectivity index (χ4n) is 1.38. The molecule has 0 spiro atoms. The molecule has 0 bridgehead atoms. The van der Waals surface area contributed by atoms with Gasteiger partial charge in [-0.05, 0) is 10.8 Å². The van der Waals surface area contributed by atoms with E-state index in [0.29, 0.717) is 5.56 Å². The first-order valence-corrected chi connectivity index (χ1v) is 5.94. The molecule has 8 nitrogen and oxygen atoms in total. The minimum atomic E-state index is -1.16. The molecule has 1 heterocycles. The molecule has 0 aliphatic rings. The lowest BCUT2D eigenvalue weighted by atomic mass is 10.1. The summed E-state index contributed by atoms with van der Waals surface area (Å²) in [4.78, 5) is 22.8. The number of benzene rings is 1. The number of carbonyl (C=O) groups excluding carboxylic acids is 1. The molecule has 1 aromatic heterocycles. The number of anilines is 1. The summed E-state index contributed by atoms with van der Waals surface area (Å²) in [5, 5.41) is 20.8. The van der Waals surface area contributed by atoms with Crippen LogP contribution in [0.2, 0.25) is 0 Å². The van der Waals surface area contributed by atoms with Crippen molar-refractivity contribution in [3.05, 3.63) is 35.9 Å². The summed E-state index contributed by atoms with van der Waals surface area (Å²) < 4.78 is 3.47. The molecule has 0 aliphatic carbocycles. The second kappa shape index (κ2) is 5.87. The lowest BCUT2D eigenvalue weighted by Gasteiger charge is -2.14. The highest BCUT2D eigenvalue weighted by atomic mass is 32.1. The first kappa shape index (κ1) is 12.9. The van der Waals surface area contributed by atoms with E-state index in [2.05, 4.69) is 25.4 Å². The van der Waals surface area contributed by atoms with Crippen LogP contribution in [0.5, 0.6) is 0 Å². The number of rotatable bonds is 4. The third-order valence-corrected chi connectivity index (χ3v) is 2.69. The minimum Gasteiger partial charge on any atom is -0.479 e. The van der Waals surface area contributed by atoms with Crippen molar-refractivity contribution >= 4 is 28.7 Å². The van der Waals surface area contributed by atoms with Crippen LogP contribution in [0.15, 0.2) is 30.3 Å². The number of carboxylic acids is 1. The smallest absolute Gasteiger partial charge is 0.330 e. The Morgan fingerprint density at radius 2 is 2.00 bits per heavy atom. The third-order valence-electron chi connectivity index (χ3n) is 2.18. The Hall–Kier alpha value is -2.55. The van der Waals surface area contributed by atoms with Gasteiger partial charge in [-0.3, -0.25) is 5.32 Å². The second-order valence-electron chi connectivity index (χ2n) is 3.45. The molecule has 0 saturated carbocycles. The number of carbonyl (C=O) groups is 2. The van der Waals surface area contributed by atoms with Crippen LogP contribution < -0.4 is 10.6 Å². The quantitative estimate of drug-likeness (QED) is 0.764. The van der Waals surface area contributed by atoms with Gasteiger partial charge in [0.2, 0.25) is 5.13 Å². The van der Waals surface area contributed by atoms with Gasteiger partial charge >= 0.3 is 12.0 Å². The van der Waals surface area contributed by atoms with Crippen LogP contribution in [0.4, 0.5) is 9.93 Å². The molecule has 0 radical (unpaired) electrons. The number of carboxylic acid groups (broad SMARTS) is 1. The van der Waals surface area contributed by atoms with Gasteiger partial charge in [-0.25, -0.2) is 9.59 Å². The predicted octanol–water partition coefficient (Wildman–Crippen LogP) is 0.880. The number of nitrogens with one attached hydrogen (secondary N) is 2. The van der Waals surface area contributed by atoms with Crippen LogP contribution in [-0.4, -0.2) is 31.9 Å². The fourth-order valence-corrected chi connectivity index (χ4v) is 1.74. The molecule has 3 N–H and O–H groups in total. The van der Waals surface area contributed by atoms with Crippen molar-refractivity contribution in [3.63, 3.8) is 0 Å². The molecule has 1 aromatic carbocycles. The number of urea groups is 1. The van der Waals surface area contributed by atoms with Gasteiger partial charge in [0.1, 0.15) is 0 Å². The van der Waals surface area contributed by atoms with Crippen LogP contribution in [-0.2, 0) is 4.79 Å². The van der Waals surface area contributed by atoms with Gasteiger partial charge in [0, 0.05) is 11.5 Å².